The summed E-state index contributed by atoms with van der Waals surface area (Å²) in [6.45, 7) is 0. The van der Waals surface area contributed by atoms with Crippen LogP contribution in [0.3, 0.4) is 0 Å². The largest absolute Gasteiger partial charge is 0.316 e. The van der Waals surface area contributed by atoms with Crippen LogP contribution in [-0.2, 0) is 24.7 Å². The van der Waals surface area contributed by atoms with Crippen LogP contribution in [0.25, 0.3) is 0 Å². The van der Waals surface area contributed by atoms with E-state index in [1.807, 2.05) is 11.6 Å². The van der Waals surface area contributed by atoms with Crippen molar-refractivity contribution in [1.29, 1.82) is 5.26 Å². The molecule has 8 heteroatoms. The molecule has 2 aromatic heterocycles. The molecule has 2 aliphatic rings. The molecule has 0 atom stereocenters. The molecular formula is C19H23N5OS2. The Balaban J connectivity index is 1.42. The zero-order valence-corrected chi connectivity index (χ0v) is 17.1. The second kappa shape index (κ2) is 8.03. The molecule has 142 valence electrons. The minimum Gasteiger partial charge on any atom is -0.316 e. The van der Waals surface area contributed by atoms with Crippen molar-refractivity contribution >= 4 is 34.0 Å². The van der Waals surface area contributed by atoms with Crippen molar-refractivity contribution in [3.05, 3.63) is 21.8 Å². The highest BCUT2D eigenvalue weighted by Crippen LogP contribution is 2.40. The Hall–Kier alpha value is -1.85. The number of anilines is 1. The fourth-order valence-corrected chi connectivity index (χ4v) is 5.54. The number of carbonyl (C=O) groups excluding carboxylic acids is 1. The van der Waals surface area contributed by atoms with Gasteiger partial charge in [-0.25, -0.2) is 0 Å². The van der Waals surface area contributed by atoms with Crippen LogP contribution in [0.2, 0.25) is 0 Å². The highest BCUT2D eigenvalue weighted by Gasteiger charge is 2.29. The maximum atomic E-state index is 12.5. The van der Waals surface area contributed by atoms with Gasteiger partial charge in [0.15, 0.2) is 5.16 Å². The molecule has 0 aliphatic heterocycles. The van der Waals surface area contributed by atoms with Gasteiger partial charge in [-0.15, -0.1) is 21.5 Å². The molecule has 1 saturated carbocycles. The summed E-state index contributed by atoms with van der Waals surface area (Å²) in [5.74, 6) is 1.73. The third kappa shape index (κ3) is 4.04. The fourth-order valence-electron chi connectivity index (χ4n) is 3.57. The third-order valence-corrected chi connectivity index (χ3v) is 7.41. The van der Waals surface area contributed by atoms with Crippen LogP contribution in [0.4, 0.5) is 5.00 Å². The monoisotopic (exact) mass is 401 g/mol. The van der Waals surface area contributed by atoms with Gasteiger partial charge in [-0.2, -0.15) is 5.26 Å². The fraction of sp³-hybridized carbons (Fsp3) is 0.579. The van der Waals surface area contributed by atoms with Gasteiger partial charge >= 0.3 is 0 Å². The van der Waals surface area contributed by atoms with Gasteiger partial charge in [-0.1, -0.05) is 24.6 Å². The number of hydrogen-bond donors (Lipinski definition) is 1. The number of amides is 1. The quantitative estimate of drug-likeness (QED) is 0.765. The van der Waals surface area contributed by atoms with Crippen molar-refractivity contribution in [2.24, 2.45) is 7.05 Å². The Morgan fingerprint density at radius 1 is 1.30 bits per heavy atom. The van der Waals surface area contributed by atoms with Crippen molar-refractivity contribution in [2.45, 2.75) is 62.4 Å². The lowest BCUT2D eigenvalue weighted by Crippen LogP contribution is -2.14. The van der Waals surface area contributed by atoms with E-state index < -0.39 is 0 Å². The average Bonchev–Trinajstić information content (AvgIpc) is 3.34. The van der Waals surface area contributed by atoms with E-state index in [-0.39, 0.29) is 11.7 Å². The number of nitrogens with zero attached hydrogens (tertiary/aromatic N) is 4. The predicted molar refractivity (Wildman–Crippen MR) is 107 cm³/mol. The maximum absolute atomic E-state index is 12.5. The molecule has 1 amide bonds. The molecule has 0 spiro atoms. The van der Waals surface area contributed by atoms with E-state index in [1.165, 1.54) is 42.3 Å². The van der Waals surface area contributed by atoms with Crippen molar-refractivity contribution in [3.8, 4) is 6.07 Å². The number of nitriles is 1. The molecule has 4 rings (SSSR count). The smallest absolute Gasteiger partial charge is 0.235 e. The molecule has 0 radical (unpaired) electrons. The molecule has 1 fully saturated rings. The molecule has 0 aromatic carbocycles. The lowest BCUT2D eigenvalue weighted by molar-refractivity contribution is -0.113. The topological polar surface area (TPSA) is 83.6 Å². The van der Waals surface area contributed by atoms with Gasteiger partial charge < -0.3 is 9.88 Å². The first-order valence-electron chi connectivity index (χ1n) is 9.54. The van der Waals surface area contributed by atoms with E-state index in [0.29, 0.717) is 16.5 Å². The van der Waals surface area contributed by atoms with Crippen LogP contribution < -0.4 is 5.32 Å². The Morgan fingerprint density at radius 2 is 2.07 bits per heavy atom. The standard InChI is InChI=1S/C19H23N5OS2/c1-24-17(12-8-9-12)22-23-19(24)26-11-16(25)21-18-14(10-20)13-6-4-2-3-5-7-15(13)27-18/h12H,2-9,11H2,1H3,(H,21,25). The summed E-state index contributed by atoms with van der Waals surface area (Å²) in [4.78, 5) is 13.7. The number of nitrogens with one attached hydrogen (secondary N) is 1. The van der Waals surface area contributed by atoms with Crippen LogP contribution in [0, 0.1) is 11.3 Å². The molecule has 2 heterocycles. The normalized spacial score (nSPS) is 16.9. The minimum atomic E-state index is -0.0957. The van der Waals surface area contributed by atoms with Crippen LogP contribution in [0.1, 0.15) is 66.3 Å². The molecule has 1 N–H and O–H groups in total. The first-order chi connectivity index (χ1) is 13.2. The van der Waals surface area contributed by atoms with Crippen LogP contribution in [0.15, 0.2) is 5.16 Å². The summed E-state index contributed by atoms with van der Waals surface area (Å²) in [5, 5.41) is 22.5. The SMILES string of the molecule is Cn1c(SCC(=O)Nc2sc3c(c2C#N)CCCCCC3)nnc1C1CC1. The summed E-state index contributed by atoms with van der Waals surface area (Å²) in [7, 11) is 1.96. The first-order valence-corrected chi connectivity index (χ1v) is 11.3. The van der Waals surface area contributed by atoms with Crippen molar-refractivity contribution < 1.29 is 4.79 Å². The van der Waals surface area contributed by atoms with E-state index in [1.54, 1.807) is 11.3 Å². The zero-order valence-electron chi connectivity index (χ0n) is 15.5. The van der Waals surface area contributed by atoms with Crippen LogP contribution in [-0.4, -0.2) is 26.4 Å². The minimum absolute atomic E-state index is 0.0957. The molecule has 27 heavy (non-hydrogen) atoms. The van der Waals surface area contributed by atoms with Gasteiger partial charge in [-0.3, -0.25) is 4.79 Å². The number of aromatic nitrogens is 3. The molecule has 2 aliphatic carbocycles. The number of aryl methyl sites for hydroxylation is 1. The molecule has 0 unspecified atom stereocenters. The van der Waals surface area contributed by atoms with E-state index in [2.05, 4.69) is 21.6 Å². The van der Waals surface area contributed by atoms with Crippen molar-refractivity contribution in [2.75, 3.05) is 11.1 Å². The summed E-state index contributed by atoms with van der Waals surface area (Å²) in [6.07, 6.45) is 9.07. The second-order valence-electron chi connectivity index (χ2n) is 7.24. The second-order valence-corrected chi connectivity index (χ2v) is 9.29. The number of thioether (sulfide) groups is 1. The lowest BCUT2D eigenvalue weighted by Gasteiger charge is -2.08. The van der Waals surface area contributed by atoms with Crippen LogP contribution in [0.5, 0.6) is 0 Å². The van der Waals surface area contributed by atoms with Crippen molar-refractivity contribution in [1.82, 2.24) is 14.8 Å². The third-order valence-electron chi connectivity index (χ3n) is 5.18. The van der Waals surface area contributed by atoms with Gasteiger partial charge in [0.25, 0.3) is 0 Å². The number of rotatable bonds is 5. The van der Waals surface area contributed by atoms with E-state index in [0.717, 1.165) is 42.2 Å². The predicted octanol–water partition coefficient (Wildman–Crippen LogP) is 4.02. The number of carbonyl (C=O) groups is 1. The first kappa shape index (κ1) is 18.5. The Morgan fingerprint density at radius 3 is 2.81 bits per heavy atom. The highest BCUT2D eigenvalue weighted by molar-refractivity contribution is 7.99. The number of thiophene rings is 1. The summed E-state index contributed by atoms with van der Waals surface area (Å²) >= 11 is 2.98. The Bertz CT molecular complexity index is 891. The van der Waals surface area contributed by atoms with E-state index in [9.17, 15) is 10.1 Å². The lowest BCUT2D eigenvalue weighted by atomic mass is 9.97. The van der Waals surface area contributed by atoms with E-state index in [4.69, 9.17) is 0 Å². The molecular weight excluding hydrogens is 378 g/mol. The number of hydrogen-bond acceptors (Lipinski definition) is 6. The summed E-state index contributed by atoms with van der Waals surface area (Å²) < 4.78 is 1.99. The number of fused-ring (bicyclic) bond motifs is 1. The van der Waals surface area contributed by atoms with Crippen LogP contribution >= 0.6 is 23.1 Å². The zero-order chi connectivity index (χ0) is 18.8. The van der Waals surface area contributed by atoms with Gasteiger partial charge in [0.2, 0.25) is 5.91 Å². The van der Waals surface area contributed by atoms with Gasteiger partial charge in [0, 0.05) is 17.8 Å². The molecule has 0 bridgehead atoms. The van der Waals surface area contributed by atoms with Crippen molar-refractivity contribution in [3.63, 3.8) is 0 Å². The molecule has 0 saturated heterocycles. The Labute approximate surface area is 167 Å². The summed E-state index contributed by atoms with van der Waals surface area (Å²) in [5.41, 5.74) is 1.83. The molecule has 2 aromatic rings. The highest BCUT2D eigenvalue weighted by atomic mass is 32.2. The van der Waals surface area contributed by atoms with E-state index >= 15 is 0 Å². The van der Waals surface area contributed by atoms with Gasteiger partial charge in [-0.05, 0) is 44.1 Å². The van der Waals surface area contributed by atoms with Gasteiger partial charge in [0.1, 0.15) is 16.9 Å². The average molecular weight is 402 g/mol. The maximum Gasteiger partial charge on any atom is 0.235 e. The summed E-state index contributed by atoms with van der Waals surface area (Å²) in [6, 6.07) is 2.33. The van der Waals surface area contributed by atoms with Gasteiger partial charge in [0.05, 0.1) is 11.3 Å². The molecule has 6 nitrogen and oxygen atoms in total. The Kier molecular flexibility index (Phi) is 5.50.